The molecule has 28 heavy (non-hydrogen) atoms. The van der Waals surface area contributed by atoms with Gasteiger partial charge < -0.3 is 20.0 Å². The first-order valence-corrected chi connectivity index (χ1v) is 10.7. The summed E-state index contributed by atoms with van der Waals surface area (Å²) in [4.78, 5) is 24.7. The van der Waals surface area contributed by atoms with Gasteiger partial charge in [-0.05, 0) is 80.4 Å². The van der Waals surface area contributed by atoms with Crippen LogP contribution in [0.25, 0.3) is 0 Å². The molecule has 4 saturated carbocycles. The lowest BCUT2D eigenvalue weighted by molar-refractivity contribution is -0.306. The van der Waals surface area contributed by atoms with E-state index in [4.69, 9.17) is 4.74 Å². The summed E-state index contributed by atoms with van der Waals surface area (Å²) in [7, 11) is 0. The zero-order chi connectivity index (χ0) is 19.7. The van der Waals surface area contributed by atoms with Crippen molar-refractivity contribution in [1.29, 1.82) is 0 Å². The van der Waals surface area contributed by atoms with Crippen LogP contribution in [-0.2, 0) is 9.59 Å². The Morgan fingerprint density at radius 1 is 1.11 bits per heavy atom. The van der Waals surface area contributed by atoms with E-state index in [1.54, 1.807) is 0 Å². The molecule has 0 saturated heterocycles. The van der Waals surface area contributed by atoms with E-state index in [-0.39, 0.29) is 17.7 Å². The molecule has 5 nitrogen and oxygen atoms in total. The molecular formula is C23H30NO4-. The Labute approximate surface area is 166 Å². The highest BCUT2D eigenvalue weighted by Gasteiger charge is 2.54. The number of carboxylic acids is 1. The molecule has 4 aliphatic rings. The first kappa shape index (κ1) is 19.3. The number of nitrogens with one attached hydrogen (secondary N) is 1. The molecule has 1 aromatic carbocycles. The molecule has 1 atom stereocenters. The predicted molar refractivity (Wildman–Crippen MR) is 103 cm³/mol. The van der Waals surface area contributed by atoms with Crippen molar-refractivity contribution in [3.05, 3.63) is 29.8 Å². The summed E-state index contributed by atoms with van der Waals surface area (Å²) >= 11 is 0. The Kier molecular flexibility index (Phi) is 5.35. The second-order valence-corrected chi connectivity index (χ2v) is 9.22. The molecule has 0 aromatic heterocycles. The fourth-order valence-corrected chi connectivity index (χ4v) is 6.14. The summed E-state index contributed by atoms with van der Waals surface area (Å²) in [5, 5.41) is 14.4. The molecule has 0 unspecified atom stereocenters. The number of carbonyl (C=O) groups is 2. The van der Waals surface area contributed by atoms with Crippen molar-refractivity contribution in [3.8, 4) is 5.75 Å². The molecule has 4 fully saturated rings. The Morgan fingerprint density at radius 3 is 2.18 bits per heavy atom. The Hall–Kier alpha value is -2.04. The average molecular weight is 384 g/mol. The van der Waals surface area contributed by atoms with E-state index in [0.717, 1.165) is 37.0 Å². The lowest BCUT2D eigenvalue weighted by Gasteiger charge is -2.55. The molecule has 4 aliphatic carbocycles. The number of rotatable bonds is 8. The van der Waals surface area contributed by atoms with Gasteiger partial charge in [-0.2, -0.15) is 0 Å². The Bertz CT molecular complexity index is 691. The van der Waals surface area contributed by atoms with Crippen LogP contribution in [0.3, 0.4) is 0 Å². The van der Waals surface area contributed by atoms with Crippen molar-refractivity contribution < 1.29 is 19.4 Å². The first-order chi connectivity index (χ1) is 13.5. The third kappa shape index (κ3) is 3.89. The third-order valence-electron chi connectivity index (χ3n) is 6.95. The van der Waals surface area contributed by atoms with Crippen LogP contribution in [0, 0.1) is 23.2 Å². The molecule has 5 heteroatoms. The number of amides is 1. The fraction of sp³-hybridized carbons (Fsp3) is 0.652. The van der Waals surface area contributed by atoms with Crippen molar-refractivity contribution in [2.45, 2.75) is 64.3 Å². The standard InChI is InChI=1S/C23H31NO4/c1-2-7-28-19-5-3-18(4-6-19)20(11-21(25)26)24-22(27)23-12-15-8-16(13-23)10-17(9-15)14-23/h3-6,15-17,20H,2,7-14H2,1H3,(H,24,27)(H,25,26)/p-1/t15?,16?,17?,20-,23?/m1/s1. The average Bonchev–Trinajstić information content (AvgIpc) is 2.65. The highest BCUT2D eigenvalue weighted by Crippen LogP contribution is 2.60. The van der Waals surface area contributed by atoms with Gasteiger partial charge in [-0.25, -0.2) is 0 Å². The Balaban J connectivity index is 1.49. The van der Waals surface area contributed by atoms with Crippen LogP contribution in [0.15, 0.2) is 24.3 Å². The number of carboxylic acid groups (broad SMARTS) is 1. The molecule has 1 aromatic rings. The van der Waals surface area contributed by atoms with Crippen molar-refractivity contribution in [2.75, 3.05) is 6.61 Å². The van der Waals surface area contributed by atoms with Crippen LogP contribution in [0.4, 0.5) is 0 Å². The number of hydrogen-bond acceptors (Lipinski definition) is 4. The van der Waals surface area contributed by atoms with Gasteiger partial charge in [-0.15, -0.1) is 0 Å². The molecular weight excluding hydrogens is 354 g/mol. The summed E-state index contributed by atoms with van der Waals surface area (Å²) in [6.45, 7) is 2.69. The van der Waals surface area contributed by atoms with E-state index < -0.39 is 12.0 Å². The maximum absolute atomic E-state index is 13.3. The second kappa shape index (κ2) is 7.76. The summed E-state index contributed by atoms with van der Waals surface area (Å²) in [6, 6.07) is 6.80. The van der Waals surface area contributed by atoms with E-state index in [0.29, 0.717) is 24.4 Å². The SMILES string of the molecule is CCCOc1ccc([C@@H](CC(=O)[O-])NC(=O)C23CC4CC(CC(C4)C2)C3)cc1. The molecule has 0 heterocycles. The van der Waals surface area contributed by atoms with Gasteiger partial charge in [0, 0.05) is 17.8 Å². The zero-order valence-corrected chi connectivity index (χ0v) is 16.6. The van der Waals surface area contributed by atoms with Crippen molar-refractivity contribution in [1.82, 2.24) is 5.32 Å². The van der Waals surface area contributed by atoms with Crippen molar-refractivity contribution in [3.63, 3.8) is 0 Å². The summed E-state index contributed by atoms with van der Waals surface area (Å²) in [6.07, 6.45) is 7.42. The second-order valence-electron chi connectivity index (χ2n) is 9.22. The first-order valence-electron chi connectivity index (χ1n) is 10.7. The van der Waals surface area contributed by atoms with E-state index in [9.17, 15) is 14.7 Å². The third-order valence-corrected chi connectivity index (χ3v) is 6.95. The van der Waals surface area contributed by atoms with Crippen molar-refractivity contribution >= 4 is 11.9 Å². The molecule has 4 bridgehead atoms. The minimum atomic E-state index is -1.15. The maximum Gasteiger partial charge on any atom is 0.226 e. The molecule has 0 aliphatic heterocycles. The molecule has 1 amide bonds. The molecule has 0 radical (unpaired) electrons. The van der Waals surface area contributed by atoms with Crippen LogP contribution in [0.2, 0.25) is 0 Å². The lowest BCUT2D eigenvalue weighted by atomic mass is 9.49. The van der Waals surface area contributed by atoms with Gasteiger partial charge in [0.1, 0.15) is 5.75 Å². The predicted octanol–water partition coefficient (Wildman–Crippen LogP) is 2.99. The zero-order valence-electron chi connectivity index (χ0n) is 16.6. The van der Waals surface area contributed by atoms with E-state index >= 15 is 0 Å². The minimum absolute atomic E-state index is 0.0455. The number of benzene rings is 1. The van der Waals surface area contributed by atoms with Gasteiger partial charge in [0.05, 0.1) is 12.6 Å². The smallest absolute Gasteiger partial charge is 0.226 e. The minimum Gasteiger partial charge on any atom is -0.550 e. The van der Waals surface area contributed by atoms with Crippen molar-refractivity contribution in [2.24, 2.45) is 23.2 Å². The summed E-state index contributed by atoms with van der Waals surface area (Å²) in [5.74, 6) is 1.67. The van der Waals surface area contributed by atoms with Gasteiger partial charge in [0.25, 0.3) is 0 Å². The molecule has 5 rings (SSSR count). The van der Waals surface area contributed by atoms with E-state index in [1.807, 2.05) is 31.2 Å². The number of aliphatic carboxylic acids is 1. The van der Waals surface area contributed by atoms with Crippen LogP contribution in [0.5, 0.6) is 5.75 Å². The number of ether oxygens (including phenoxy) is 1. The van der Waals surface area contributed by atoms with Crippen LogP contribution in [-0.4, -0.2) is 18.5 Å². The monoisotopic (exact) mass is 384 g/mol. The molecule has 152 valence electrons. The maximum atomic E-state index is 13.3. The highest BCUT2D eigenvalue weighted by atomic mass is 16.5. The van der Waals surface area contributed by atoms with Crippen LogP contribution >= 0.6 is 0 Å². The van der Waals surface area contributed by atoms with Gasteiger partial charge in [0.15, 0.2) is 0 Å². The topological polar surface area (TPSA) is 78.5 Å². The quantitative estimate of drug-likeness (QED) is 0.747. The summed E-state index contributed by atoms with van der Waals surface area (Å²) < 4.78 is 5.60. The van der Waals surface area contributed by atoms with E-state index in [2.05, 4.69) is 5.32 Å². The molecule has 1 N–H and O–H groups in total. The normalized spacial score (nSPS) is 31.4. The number of carbonyl (C=O) groups excluding carboxylic acids is 2. The van der Waals surface area contributed by atoms with Gasteiger partial charge in [-0.3, -0.25) is 4.79 Å². The molecule has 0 spiro atoms. The van der Waals surface area contributed by atoms with Gasteiger partial charge in [-0.1, -0.05) is 19.1 Å². The van der Waals surface area contributed by atoms with Crippen LogP contribution in [0.1, 0.15) is 69.9 Å². The largest absolute Gasteiger partial charge is 0.550 e. The fourth-order valence-electron chi connectivity index (χ4n) is 6.14. The van der Waals surface area contributed by atoms with Gasteiger partial charge in [0.2, 0.25) is 5.91 Å². The van der Waals surface area contributed by atoms with Crippen LogP contribution < -0.4 is 15.2 Å². The number of hydrogen-bond donors (Lipinski definition) is 1. The Morgan fingerprint density at radius 2 is 1.68 bits per heavy atom. The lowest BCUT2D eigenvalue weighted by Crippen LogP contribution is -2.54. The highest BCUT2D eigenvalue weighted by molar-refractivity contribution is 5.84. The summed E-state index contributed by atoms with van der Waals surface area (Å²) in [5.41, 5.74) is 0.495. The van der Waals surface area contributed by atoms with Gasteiger partial charge >= 0.3 is 0 Å². The van der Waals surface area contributed by atoms with E-state index in [1.165, 1.54) is 19.3 Å².